The zero-order valence-electron chi connectivity index (χ0n) is 9.17. The molecular weight excluding hydrogens is 336 g/mol. The Hall–Kier alpha value is -0.620. The van der Waals surface area contributed by atoms with Crippen LogP contribution in [0.5, 0.6) is 0 Å². The van der Waals surface area contributed by atoms with Gasteiger partial charge in [-0.15, -0.1) is 0 Å². The Kier molecular flexibility index (Phi) is 4.73. The second-order valence-electron chi connectivity index (χ2n) is 3.70. The fourth-order valence-electron chi connectivity index (χ4n) is 1.28. The molecule has 0 aliphatic rings. The molecule has 4 nitrogen and oxygen atoms in total. The molecule has 1 heterocycles. The van der Waals surface area contributed by atoms with E-state index < -0.39 is 0 Å². The number of rotatable bonds is 4. The SMILES string of the molecule is CC(CN(C)c1ncc(Br)cc1Br)C(=N)N. The molecule has 1 rings (SSSR count). The van der Waals surface area contributed by atoms with Gasteiger partial charge in [-0.3, -0.25) is 5.41 Å². The zero-order valence-corrected chi connectivity index (χ0v) is 12.3. The summed E-state index contributed by atoms with van der Waals surface area (Å²) in [6, 6.07) is 1.94. The second-order valence-corrected chi connectivity index (χ2v) is 5.47. The van der Waals surface area contributed by atoms with E-state index in [0.717, 1.165) is 14.8 Å². The third-order valence-electron chi connectivity index (χ3n) is 2.23. The van der Waals surface area contributed by atoms with E-state index in [4.69, 9.17) is 11.1 Å². The molecular formula is C10H14Br2N4. The van der Waals surface area contributed by atoms with Gasteiger partial charge in [-0.25, -0.2) is 4.98 Å². The van der Waals surface area contributed by atoms with Crippen molar-refractivity contribution in [2.75, 3.05) is 18.5 Å². The van der Waals surface area contributed by atoms with E-state index in [9.17, 15) is 0 Å². The molecule has 0 aliphatic carbocycles. The standard InChI is InChI=1S/C10H14Br2N4/c1-6(9(13)14)5-16(2)10-8(12)3-7(11)4-15-10/h3-4,6H,5H2,1-2H3,(H3,13,14). The van der Waals surface area contributed by atoms with Gasteiger partial charge in [-0.1, -0.05) is 6.92 Å². The lowest BCUT2D eigenvalue weighted by atomic mass is 10.1. The lowest BCUT2D eigenvalue weighted by Crippen LogP contribution is -2.32. The first kappa shape index (κ1) is 13.4. The molecule has 16 heavy (non-hydrogen) atoms. The fourth-order valence-corrected chi connectivity index (χ4v) is 2.57. The predicted octanol–water partition coefficient (Wildman–Crippen LogP) is 2.61. The smallest absolute Gasteiger partial charge is 0.142 e. The molecule has 3 N–H and O–H groups in total. The summed E-state index contributed by atoms with van der Waals surface area (Å²) >= 11 is 6.81. The van der Waals surface area contributed by atoms with Crippen molar-refractivity contribution in [3.8, 4) is 0 Å². The van der Waals surface area contributed by atoms with Crippen LogP contribution in [0.3, 0.4) is 0 Å². The van der Waals surface area contributed by atoms with Gasteiger partial charge in [-0.2, -0.15) is 0 Å². The maximum Gasteiger partial charge on any atom is 0.142 e. The number of anilines is 1. The summed E-state index contributed by atoms with van der Waals surface area (Å²) in [6.45, 7) is 2.59. The molecule has 1 aromatic rings. The molecule has 0 fully saturated rings. The highest BCUT2D eigenvalue weighted by Crippen LogP contribution is 2.26. The van der Waals surface area contributed by atoms with Crippen molar-refractivity contribution >= 4 is 43.5 Å². The van der Waals surface area contributed by atoms with E-state index in [-0.39, 0.29) is 11.8 Å². The van der Waals surface area contributed by atoms with E-state index in [0.29, 0.717) is 6.54 Å². The van der Waals surface area contributed by atoms with E-state index in [1.54, 1.807) is 6.20 Å². The van der Waals surface area contributed by atoms with Gasteiger partial charge in [0.25, 0.3) is 0 Å². The number of nitrogens with two attached hydrogens (primary N) is 1. The lowest BCUT2D eigenvalue weighted by Gasteiger charge is -2.22. The number of nitrogens with one attached hydrogen (secondary N) is 1. The Morgan fingerprint density at radius 2 is 2.25 bits per heavy atom. The van der Waals surface area contributed by atoms with Crippen LogP contribution in [0.1, 0.15) is 6.92 Å². The molecule has 0 spiro atoms. The largest absolute Gasteiger partial charge is 0.387 e. The van der Waals surface area contributed by atoms with Crippen molar-refractivity contribution in [3.63, 3.8) is 0 Å². The Morgan fingerprint density at radius 3 is 2.75 bits per heavy atom. The van der Waals surface area contributed by atoms with Crippen LogP contribution in [0.15, 0.2) is 21.2 Å². The van der Waals surface area contributed by atoms with Crippen molar-refractivity contribution in [3.05, 3.63) is 21.2 Å². The predicted molar refractivity (Wildman–Crippen MR) is 74.0 cm³/mol. The molecule has 0 saturated carbocycles. The molecule has 0 bridgehead atoms. The minimum absolute atomic E-state index is 0.0161. The molecule has 88 valence electrons. The van der Waals surface area contributed by atoms with Crippen molar-refractivity contribution < 1.29 is 0 Å². The van der Waals surface area contributed by atoms with Crippen molar-refractivity contribution in [1.29, 1.82) is 5.41 Å². The quantitative estimate of drug-likeness (QED) is 0.648. The fraction of sp³-hybridized carbons (Fsp3) is 0.400. The molecule has 0 aromatic carbocycles. The number of amidine groups is 1. The van der Waals surface area contributed by atoms with Crippen LogP contribution in [-0.4, -0.2) is 24.4 Å². The van der Waals surface area contributed by atoms with Gasteiger partial charge in [0, 0.05) is 30.2 Å². The molecule has 1 unspecified atom stereocenters. The van der Waals surface area contributed by atoms with Crippen LogP contribution < -0.4 is 10.6 Å². The van der Waals surface area contributed by atoms with Crippen LogP contribution in [0.25, 0.3) is 0 Å². The van der Waals surface area contributed by atoms with E-state index >= 15 is 0 Å². The molecule has 0 aliphatic heterocycles. The van der Waals surface area contributed by atoms with Crippen LogP contribution >= 0.6 is 31.9 Å². The first-order valence-corrected chi connectivity index (χ1v) is 6.36. The lowest BCUT2D eigenvalue weighted by molar-refractivity contribution is 0.721. The van der Waals surface area contributed by atoms with E-state index in [2.05, 4.69) is 36.8 Å². The maximum absolute atomic E-state index is 7.36. The van der Waals surface area contributed by atoms with Gasteiger partial charge >= 0.3 is 0 Å². The maximum atomic E-state index is 7.36. The third-order valence-corrected chi connectivity index (χ3v) is 3.25. The van der Waals surface area contributed by atoms with E-state index in [1.165, 1.54) is 0 Å². The highest BCUT2D eigenvalue weighted by atomic mass is 79.9. The minimum Gasteiger partial charge on any atom is -0.387 e. The van der Waals surface area contributed by atoms with Crippen LogP contribution in [0.4, 0.5) is 5.82 Å². The third kappa shape index (κ3) is 3.45. The Balaban J connectivity index is 2.80. The molecule has 0 amide bonds. The highest BCUT2D eigenvalue weighted by Gasteiger charge is 2.13. The van der Waals surface area contributed by atoms with Crippen molar-refractivity contribution in [2.45, 2.75) is 6.92 Å². The summed E-state index contributed by atoms with van der Waals surface area (Å²) in [5.41, 5.74) is 5.44. The van der Waals surface area contributed by atoms with E-state index in [1.807, 2.05) is 24.9 Å². The summed E-state index contributed by atoms with van der Waals surface area (Å²) in [5.74, 6) is 1.05. The highest BCUT2D eigenvalue weighted by molar-refractivity contribution is 9.11. The van der Waals surface area contributed by atoms with Crippen LogP contribution in [-0.2, 0) is 0 Å². The normalized spacial score (nSPS) is 12.2. The minimum atomic E-state index is 0.0161. The summed E-state index contributed by atoms with van der Waals surface area (Å²) in [6.07, 6.45) is 1.75. The number of pyridine rings is 1. The first-order valence-electron chi connectivity index (χ1n) is 4.78. The topological polar surface area (TPSA) is 66.0 Å². The molecule has 0 saturated heterocycles. The van der Waals surface area contributed by atoms with Gasteiger partial charge in [-0.05, 0) is 37.9 Å². The van der Waals surface area contributed by atoms with Gasteiger partial charge < -0.3 is 10.6 Å². The number of aromatic nitrogens is 1. The van der Waals surface area contributed by atoms with Crippen molar-refractivity contribution in [1.82, 2.24) is 4.98 Å². The number of hydrogen-bond acceptors (Lipinski definition) is 3. The van der Waals surface area contributed by atoms with Gasteiger partial charge in [0.15, 0.2) is 0 Å². The molecule has 1 atom stereocenters. The molecule has 6 heteroatoms. The first-order chi connectivity index (χ1) is 7.41. The average Bonchev–Trinajstić information content (AvgIpc) is 2.16. The Morgan fingerprint density at radius 1 is 1.62 bits per heavy atom. The average molecular weight is 350 g/mol. The Bertz CT molecular complexity index is 394. The second kappa shape index (κ2) is 5.63. The summed E-state index contributed by atoms with van der Waals surface area (Å²) in [5, 5.41) is 7.36. The number of nitrogens with zero attached hydrogens (tertiary/aromatic N) is 2. The van der Waals surface area contributed by atoms with Crippen molar-refractivity contribution in [2.24, 2.45) is 11.7 Å². The molecule has 0 radical (unpaired) electrons. The van der Waals surface area contributed by atoms with Gasteiger partial charge in [0.1, 0.15) is 5.82 Å². The summed E-state index contributed by atoms with van der Waals surface area (Å²) < 4.78 is 1.84. The van der Waals surface area contributed by atoms with Gasteiger partial charge in [0.05, 0.1) is 10.3 Å². The van der Waals surface area contributed by atoms with Crippen LogP contribution in [0, 0.1) is 11.3 Å². The number of halogens is 2. The molecule has 1 aromatic heterocycles. The summed E-state index contributed by atoms with van der Waals surface area (Å²) in [7, 11) is 1.93. The zero-order chi connectivity index (χ0) is 12.3. The monoisotopic (exact) mass is 348 g/mol. The van der Waals surface area contributed by atoms with Gasteiger partial charge in [0.2, 0.25) is 0 Å². The summed E-state index contributed by atoms with van der Waals surface area (Å²) in [4.78, 5) is 6.29. The Labute approximate surface area is 112 Å². The van der Waals surface area contributed by atoms with Crippen LogP contribution in [0.2, 0.25) is 0 Å². The number of hydrogen-bond donors (Lipinski definition) is 2.